The summed E-state index contributed by atoms with van der Waals surface area (Å²) in [7, 11) is 0. The molecule has 0 fully saturated rings. The molecule has 7 nitrogen and oxygen atoms in total. The van der Waals surface area contributed by atoms with Gasteiger partial charge in [-0.1, -0.05) is 18.2 Å². The topological polar surface area (TPSA) is 77.6 Å². The van der Waals surface area contributed by atoms with E-state index in [9.17, 15) is 4.79 Å². The zero-order valence-electron chi connectivity index (χ0n) is 12.7. The second kappa shape index (κ2) is 5.96. The summed E-state index contributed by atoms with van der Waals surface area (Å²) < 4.78 is 3.48. The quantitative estimate of drug-likeness (QED) is 0.626. The molecule has 0 saturated carbocycles. The lowest BCUT2D eigenvalue weighted by atomic mass is 10.2. The highest BCUT2D eigenvalue weighted by atomic mass is 16.1. The number of rotatable bonds is 4. The van der Waals surface area contributed by atoms with Gasteiger partial charge in [-0.05, 0) is 52.2 Å². The van der Waals surface area contributed by atoms with Gasteiger partial charge in [0, 0.05) is 17.4 Å². The Morgan fingerprint density at radius 2 is 1.88 bits per heavy atom. The number of carbonyl (C=O) groups excluding carboxylic acids is 1. The molecule has 0 aliphatic rings. The van der Waals surface area contributed by atoms with Crippen molar-refractivity contribution in [2.45, 2.75) is 6.54 Å². The van der Waals surface area contributed by atoms with E-state index in [4.69, 9.17) is 0 Å². The number of aromatic nitrogens is 5. The smallest absolute Gasteiger partial charge is 0.244 e. The molecule has 4 aromatic rings. The number of benzene rings is 2. The molecular weight excluding hydrogens is 304 g/mol. The van der Waals surface area contributed by atoms with Crippen LogP contribution in [0, 0.1) is 0 Å². The molecule has 0 unspecified atom stereocenters. The molecule has 0 spiro atoms. The Morgan fingerprint density at radius 1 is 1.04 bits per heavy atom. The predicted octanol–water partition coefficient (Wildman–Crippen LogP) is 2.26. The molecule has 2 aromatic heterocycles. The number of hydrogen-bond donors (Lipinski definition) is 1. The Balaban J connectivity index is 1.46. The zero-order chi connectivity index (χ0) is 16.4. The number of hydrogen-bond acceptors (Lipinski definition) is 4. The minimum absolute atomic E-state index is 0.0773. The van der Waals surface area contributed by atoms with Crippen molar-refractivity contribution in [3.63, 3.8) is 0 Å². The van der Waals surface area contributed by atoms with Crippen molar-refractivity contribution in [3.05, 3.63) is 67.1 Å². The number of tetrazole rings is 1. The Hall–Kier alpha value is -3.48. The molecule has 0 aliphatic carbocycles. The molecule has 0 bridgehead atoms. The van der Waals surface area contributed by atoms with Gasteiger partial charge in [-0.25, -0.2) is 4.68 Å². The van der Waals surface area contributed by atoms with E-state index in [0.717, 1.165) is 22.3 Å². The summed E-state index contributed by atoms with van der Waals surface area (Å²) in [6, 6.07) is 17.3. The highest BCUT2D eigenvalue weighted by molar-refractivity contribution is 5.92. The summed E-state index contributed by atoms with van der Waals surface area (Å²) in [4.78, 5) is 12.3. The monoisotopic (exact) mass is 318 g/mol. The van der Waals surface area contributed by atoms with Crippen LogP contribution in [0.5, 0.6) is 0 Å². The molecule has 0 aliphatic heterocycles. The van der Waals surface area contributed by atoms with Gasteiger partial charge in [0.1, 0.15) is 12.9 Å². The third kappa shape index (κ3) is 2.74. The molecule has 1 amide bonds. The van der Waals surface area contributed by atoms with Gasteiger partial charge >= 0.3 is 0 Å². The van der Waals surface area contributed by atoms with Gasteiger partial charge in [-0.2, -0.15) is 0 Å². The van der Waals surface area contributed by atoms with E-state index in [1.165, 1.54) is 6.33 Å². The first-order valence-electron chi connectivity index (χ1n) is 7.47. The summed E-state index contributed by atoms with van der Waals surface area (Å²) >= 11 is 0. The van der Waals surface area contributed by atoms with E-state index in [1.54, 1.807) is 4.68 Å². The lowest BCUT2D eigenvalue weighted by molar-refractivity contribution is -0.116. The molecule has 7 heteroatoms. The van der Waals surface area contributed by atoms with Crippen LogP contribution >= 0.6 is 0 Å². The van der Waals surface area contributed by atoms with Crippen molar-refractivity contribution in [2.24, 2.45) is 0 Å². The zero-order valence-corrected chi connectivity index (χ0v) is 12.7. The van der Waals surface area contributed by atoms with Crippen molar-refractivity contribution in [1.29, 1.82) is 0 Å². The largest absolute Gasteiger partial charge is 0.338 e. The van der Waals surface area contributed by atoms with E-state index in [0.29, 0.717) is 0 Å². The number of anilines is 1. The van der Waals surface area contributed by atoms with E-state index in [1.807, 2.05) is 65.4 Å². The maximum absolute atomic E-state index is 12.3. The SMILES string of the molecule is O=C(Cn1ccc2ccccc21)Nc1ccc(-n2cnnn2)cc1. The number of nitrogens with zero attached hydrogens (tertiary/aromatic N) is 5. The molecule has 24 heavy (non-hydrogen) atoms. The molecule has 0 saturated heterocycles. The fraction of sp³-hybridized carbons (Fsp3) is 0.0588. The molecule has 2 heterocycles. The van der Waals surface area contributed by atoms with Gasteiger partial charge in [0.05, 0.1) is 5.69 Å². The van der Waals surface area contributed by atoms with Gasteiger partial charge in [0.15, 0.2) is 0 Å². The first kappa shape index (κ1) is 14.1. The second-order valence-electron chi connectivity index (χ2n) is 5.35. The summed E-state index contributed by atoms with van der Waals surface area (Å²) in [6.07, 6.45) is 3.44. The Bertz CT molecular complexity index is 972. The number of para-hydroxylation sites is 1. The van der Waals surface area contributed by atoms with E-state index < -0.39 is 0 Å². The normalized spacial score (nSPS) is 10.8. The van der Waals surface area contributed by atoms with Crippen molar-refractivity contribution in [3.8, 4) is 5.69 Å². The van der Waals surface area contributed by atoms with Crippen LogP contribution in [0.2, 0.25) is 0 Å². The summed E-state index contributed by atoms with van der Waals surface area (Å²) in [5, 5.41) is 15.0. The Labute approximate surface area is 137 Å². The van der Waals surface area contributed by atoms with Crippen LogP contribution in [0.15, 0.2) is 67.1 Å². The van der Waals surface area contributed by atoms with E-state index in [2.05, 4.69) is 20.8 Å². The van der Waals surface area contributed by atoms with Crippen LogP contribution in [0.3, 0.4) is 0 Å². The minimum atomic E-state index is -0.0773. The average Bonchev–Trinajstić information content (AvgIpc) is 3.26. The third-order valence-electron chi connectivity index (χ3n) is 3.76. The number of carbonyl (C=O) groups is 1. The van der Waals surface area contributed by atoms with Gasteiger partial charge in [0.25, 0.3) is 0 Å². The predicted molar refractivity (Wildman–Crippen MR) is 89.7 cm³/mol. The maximum atomic E-state index is 12.3. The highest BCUT2D eigenvalue weighted by Crippen LogP contribution is 2.16. The van der Waals surface area contributed by atoms with Crippen molar-refractivity contribution in [1.82, 2.24) is 24.8 Å². The second-order valence-corrected chi connectivity index (χ2v) is 5.35. The molecule has 0 radical (unpaired) electrons. The fourth-order valence-corrected chi connectivity index (χ4v) is 2.61. The van der Waals surface area contributed by atoms with Crippen molar-refractivity contribution < 1.29 is 4.79 Å². The first-order valence-corrected chi connectivity index (χ1v) is 7.47. The van der Waals surface area contributed by atoms with E-state index in [-0.39, 0.29) is 12.5 Å². The van der Waals surface area contributed by atoms with Gasteiger partial charge in [-0.3, -0.25) is 4.79 Å². The van der Waals surface area contributed by atoms with Gasteiger partial charge < -0.3 is 9.88 Å². The third-order valence-corrected chi connectivity index (χ3v) is 3.76. The average molecular weight is 318 g/mol. The number of amides is 1. The van der Waals surface area contributed by atoms with Crippen LogP contribution in [0.1, 0.15) is 0 Å². The van der Waals surface area contributed by atoms with E-state index >= 15 is 0 Å². The Morgan fingerprint density at radius 3 is 2.67 bits per heavy atom. The lowest BCUT2D eigenvalue weighted by Gasteiger charge is -2.08. The summed E-state index contributed by atoms with van der Waals surface area (Å²) in [6.45, 7) is 0.266. The Kier molecular flexibility index (Phi) is 3.51. The number of fused-ring (bicyclic) bond motifs is 1. The highest BCUT2D eigenvalue weighted by Gasteiger charge is 2.07. The van der Waals surface area contributed by atoms with Gasteiger partial charge in [-0.15, -0.1) is 5.10 Å². The van der Waals surface area contributed by atoms with Crippen LogP contribution in [-0.2, 0) is 11.3 Å². The van der Waals surface area contributed by atoms with Crippen LogP contribution in [0.4, 0.5) is 5.69 Å². The molecule has 1 N–H and O–H groups in total. The van der Waals surface area contributed by atoms with Crippen molar-refractivity contribution >= 4 is 22.5 Å². The molecule has 2 aromatic carbocycles. The maximum Gasteiger partial charge on any atom is 0.244 e. The summed E-state index contributed by atoms with van der Waals surface area (Å²) in [5.74, 6) is -0.0773. The first-order chi connectivity index (χ1) is 11.8. The summed E-state index contributed by atoms with van der Waals surface area (Å²) in [5.41, 5.74) is 2.60. The molecule has 118 valence electrons. The molecular formula is C17H14N6O. The lowest BCUT2D eigenvalue weighted by Crippen LogP contribution is -2.18. The van der Waals surface area contributed by atoms with Gasteiger partial charge in [0.2, 0.25) is 5.91 Å². The molecule has 4 rings (SSSR count). The van der Waals surface area contributed by atoms with Crippen molar-refractivity contribution in [2.75, 3.05) is 5.32 Å². The van der Waals surface area contributed by atoms with Crippen LogP contribution in [-0.4, -0.2) is 30.7 Å². The standard InChI is InChI=1S/C17H14N6O/c24-17(11-22-10-9-13-3-1-2-4-16(13)22)19-14-5-7-15(8-6-14)23-12-18-20-21-23/h1-10,12H,11H2,(H,19,24). The molecule has 0 atom stereocenters. The fourth-order valence-electron chi connectivity index (χ4n) is 2.61. The van der Waals surface area contributed by atoms with Crippen LogP contribution in [0.25, 0.3) is 16.6 Å². The minimum Gasteiger partial charge on any atom is -0.338 e. The number of nitrogens with one attached hydrogen (secondary N) is 1. The van der Waals surface area contributed by atoms with Crippen LogP contribution < -0.4 is 5.32 Å².